The first-order valence-corrected chi connectivity index (χ1v) is 11.8. The van der Waals surface area contributed by atoms with Crippen LogP contribution in [-0.2, 0) is 23.9 Å². The second kappa shape index (κ2) is 6.68. The van der Waals surface area contributed by atoms with Crippen molar-refractivity contribution in [2.75, 3.05) is 7.11 Å². The van der Waals surface area contributed by atoms with Crippen molar-refractivity contribution in [3.8, 4) is 0 Å². The predicted molar refractivity (Wildman–Crippen MR) is 117 cm³/mol. The summed E-state index contributed by atoms with van der Waals surface area (Å²) in [4.78, 5) is 38.5. The van der Waals surface area contributed by atoms with Crippen molar-refractivity contribution in [2.24, 2.45) is 39.9 Å². The van der Waals surface area contributed by atoms with E-state index in [1.165, 1.54) is 7.11 Å². The molecule has 0 radical (unpaired) electrons. The van der Waals surface area contributed by atoms with Gasteiger partial charge in [-0.15, -0.1) is 0 Å². The molecule has 3 fully saturated rings. The maximum absolute atomic E-state index is 13.1. The highest BCUT2D eigenvalue weighted by atomic mass is 16.5. The molecular weight excluding hydrogens is 392 g/mol. The summed E-state index contributed by atoms with van der Waals surface area (Å²) in [5.74, 6) is 0.0936. The van der Waals surface area contributed by atoms with Crippen molar-refractivity contribution in [1.82, 2.24) is 0 Å². The fourth-order valence-corrected chi connectivity index (χ4v) is 8.02. The zero-order chi connectivity index (χ0) is 23.1. The van der Waals surface area contributed by atoms with Crippen LogP contribution >= 0.6 is 0 Å². The number of esters is 1. The average molecular weight is 431 g/mol. The molecular formula is C26H38O5. The second-order valence-corrected chi connectivity index (χ2v) is 11.9. The van der Waals surface area contributed by atoms with Gasteiger partial charge in [0.1, 0.15) is 23.1 Å². The van der Waals surface area contributed by atoms with Crippen molar-refractivity contribution < 1.29 is 23.9 Å². The van der Waals surface area contributed by atoms with Gasteiger partial charge in [-0.2, -0.15) is 0 Å². The molecule has 1 aliphatic heterocycles. The van der Waals surface area contributed by atoms with Gasteiger partial charge in [-0.3, -0.25) is 14.4 Å². The van der Waals surface area contributed by atoms with Crippen LogP contribution < -0.4 is 0 Å². The summed E-state index contributed by atoms with van der Waals surface area (Å²) in [6.07, 6.45) is 4.19. The molecule has 0 amide bonds. The quantitative estimate of drug-likeness (QED) is 0.438. The summed E-state index contributed by atoms with van der Waals surface area (Å²) in [5, 5.41) is 0. The Morgan fingerprint density at radius 2 is 1.71 bits per heavy atom. The van der Waals surface area contributed by atoms with Crippen LogP contribution in [0.2, 0.25) is 0 Å². The molecule has 0 aromatic heterocycles. The van der Waals surface area contributed by atoms with Gasteiger partial charge in [0.2, 0.25) is 0 Å². The van der Waals surface area contributed by atoms with Gasteiger partial charge in [-0.05, 0) is 56.8 Å². The van der Waals surface area contributed by atoms with E-state index in [1.54, 1.807) is 6.92 Å². The lowest BCUT2D eigenvalue weighted by Gasteiger charge is -2.66. The number of allylic oxidation sites excluding steroid dienone is 2. The number of carbonyl (C=O) groups excluding carboxylic acids is 3. The molecule has 172 valence electrons. The molecule has 4 rings (SSSR count). The predicted octanol–water partition coefficient (Wildman–Crippen LogP) is 4.88. The Balaban J connectivity index is 1.82. The highest BCUT2D eigenvalue weighted by Gasteiger charge is 2.67. The molecule has 2 saturated carbocycles. The molecule has 5 heteroatoms. The summed E-state index contributed by atoms with van der Waals surface area (Å²) in [5.41, 5.74) is -0.561. The van der Waals surface area contributed by atoms with E-state index in [9.17, 15) is 14.4 Å². The summed E-state index contributed by atoms with van der Waals surface area (Å²) in [6, 6.07) is 0. The van der Waals surface area contributed by atoms with Gasteiger partial charge in [0, 0.05) is 28.7 Å². The lowest BCUT2D eigenvalue weighted by atomic mass is 9.42. The SMILES string of the molecule is COC(=O)C1C(=O)C(C)=C2O[C@@]3(C)CC[C@@H]4C(C)(C)C(=O)CC[C@@]4(C)[C@@H]3C[C@]2(C)C1C. The van der Waals surface area contributed by atoms with Gasteiger partial charge >= 0.3 is 5.97 Å². The molecule has 1 saturated heterocycles. The molecule has 0 aromatic carbocycles. The monoisotopic (exact) mass is 430 g/mol. The molecule has 7 atom stereocenters. The molecule has 2 unspecified atom stereocenters. The molecule has 0 aromatic rings. The van der Waals surface area contributed by atoms with E-state index in [0.29, 0.717) is 23.7 Å². The van der Waals surface area contributed by atoms with E-state index in [0.717, 1.165) is 31.4 Å². The molecule has 31 heavy (non-hydrogen) atoms. The molecule has 1 heterocycles. The third kappa shape index (κ3) is 2.77. The number of hydrogen-bond donors (Lipinski definition) is 0. The molecule has 4 aliphatic rings. The van der Waals surface area contributed by atoms with Crippen molar-refractivity contribution in [3.63, 3.8) is 0 Å². The third-order valence-electron chi connectivity index (χ3n) is 10.2. The number of rotatable bonds is 1. The first kappa shape index (κ1) is 22.5. The number of Topliss-reactive ketones (excluding diaryl/α,β-unsaturated/α-hetero) is 2. The lowest BCUT2D eigenvalue weighted by molar-refractivity contribution is -0.223. The number of ether oxygens (including phenoxy) is 2. The van der Waals surface area contributed by atoms with E-state index in [1.807, 2.05) is 6.92 Å². The normalized spacial score (nSPS) is 46.5. The van der Waals surface area contributed by atoms with Crippen LogP contribution in [0.3, 0.4) is 0 Å². The number of fused-ring (bicyclic) bond motifs is 4. The van der Waals surface area contributed by atoms with Gasteiger partial charge in [0.15, 0.2) is 5.78 Å². The topological polar surface area (TPSA) is 69.7 Å². The van der Waals surface area contributed by atoms with Crippen LogP contribution in [0.5, 0.6) is 0 Å². The first-order chi connectivity index (χ1) is 14.2. The molecule has 3 aliphatic carbocycles. The Morgan fingerprint density at radius 1 is 1.06 bits per heavy atom. The Morgan fingerprint density at radius 3 is 2.32 bits per heavy atom. The summed E-state index contributed by atoms with van der Waals surface area (Å²) >= 11 is 0. The minimum absolute atomic E-state index is 0.0191. The Labute approximate surface area is 186 Å². The average Bonchev–Trinajstić information content (AvgIpc) is 2.70. The van der Waals surface area contributed by atoms with E-state index >= 15 is 0 Å². The van der Waals surface area contributed by atoms with Crippen LogP contribution in [-0.4, -0.2) is 30.2 Å². The fraction of sp³-hybridized carbons (Fsp3) is 0.808. The zero-order valence-corrected chi connectivity index (χ0v) is 20.4. The lowest BCUT2D eigenvalue weighted by Crippen LogP contribution is -2.65. The molecule has 0 bridgehead atoms. The van der Waals surface area contributed by atoms with Crippen molar-refractivity contribution in [2.45, 2.75) is 86.2 Å². The van der Waals surface area contributed by atoms with Crippen LogP contribution in [0.4, 0.5) is 0 Å². The third-order valence-corrected chi connectivity index (χ3v) is 10.2. The standard InChI is InChI=1S/C26H38O5/c1-14-20(28)19(22(29)30-8)15(2)25(6)13-17-24(5)11-10-18(27)23(3,4)16(24)9-12-26(17,7)31-21(14)25/h15-17,19H,9-13H2,1-8H3/t15?,16-,17+,19?,24-,25-,26+/m1/s1. The van der Waals surface area contributed by atoms with Gasteiger partial charge in [-0.25, -0.2) is 0 Å². The Kier molecular flexibility index (Phi) is 4.86. The maximum atomic E-state index is 13.1. The van der Waals surface area contributed by atoms with Crippen LogP contribution in [0, 0.1) is 39.9 Å². The smallest absolute Gasteiger partial charge is 0.316 e. The van der Waals surface area contributed by atoms with Gasteiger partial charge in [0.25, 0.3) is 0 Å². The zero-order valence-electron chi connectivity index (χ0n) is 20.4. The van der Waals surface area contributed by atoms with Crippen molar-refractivity contribution in [3.05, 3.63) is 11.3 Å². The van der Waals surface area contributed by atoms with Crippen molar-refractivity contribution >= 4 is 17.5 Å². The van der Waals surface area contributed by atoms with E-state index in [-0.39, 0.29) is 34.1 Å². The van der Waals surface area contributed by atoms with Crippen LogP contribution in [0.1, 0.15) is 80.6 Å². The Hall–Kier alpha value is -1.65. The van der Waals surface area contributed by atoms with Crippen molar-refractivity contribution in [1.29, 1.82) is 0 Å². The number of carbonyl (C=O) groups is 3. The first-order valence-electron chi connectivity index (χ1n) is 11.8. The van der Waals surface area contributed by atoms with Crippen LogP contribution in [0.15, 0.2) is 11.3 Å². The van der Waals surface area contributed by atoms with E-state index < -0.39 is 17.3 Å². The number of hydrogen-bond acceptors (Lipinski definition) is 5. The molecule has 0 N–H and O–H groups in total. The van der Waals surface area contributed by atoms with Crippen LogP contribution in [0.25, 0.3) is 0 Å². The number of methoxy groups -OCH3 is 1. The van der Waals surface area contributed by atoms with Gasteiger partial charge in [-0.1, -0.05) is 34.6 Å². The summed E-state index contributed by atoms with van der Waals surface area (Å²) in [7, 11) is 1.35. The molecule has 5 nitrogen and oxygen atoms in total. The summed E-state index contributed by atoms with van der Waals surface area (Å²) < 4.78 is 11.8. The fourth-order valence-electron chi connectivity index (χ4n) is 8.02. The minimum atomic E-state index is -0.789. The number of ketones is 2. The highest BCUT2D eigenvalue weighted by molar-refractivity contribution is 6.09. The van der Waals surface area contributed by atoms with Gasteiger partial charge in [0.05, 0.1) is 7.11 Å². The Bertz CT molecular complexity index is 884. The maximum Gasteiger partial charge on any atom is 0.316 e. The van der Waals surface area contributed by atoms with Gasteiger partial charge < -0.3 is 9.47 Å². The second-order valence-electron chi connectivity index (χ2n) is 11.9. The van der Waals surface area contributed by atoms with E-state index in [4.69, 9.17) is 9.47 Å². The highest BCUT2D eigenvalue weighted by Crippen LogP contribution is 2.68. The van der Waals surface area contributed by atoms with E-state index in [2.05, 4.69) is 34.6 Å². The molecule has 0 spiro atoms. The minimum Gasteiger partial charge on any atom is -0.491 e. The largest absolute Gasteiger partial charge is 0.491 e. The summed E-state index contributed by atoms with van der Waals surface area (Å²) in [6.45, 7) is 14.8.